The Morgan fingerprint density at radius 2 is 1.79 bits per heavy atom. The zero-order valence-corrected chi connectivity index (χ0v) is 27.7. The summed E-state index contributed by atoms with van der Waals surface area (Å²) >= 11 is 1.25. The number of benzene rings is 2. The third-order valence-corrected chi connectivity index (χ3v) is 9.56. The Morgan fingerprint density at radius 1 is 1.07 bits per heavy atom. The number of hydrogen-bond donors (Lipinski definition) is 1. The molecule has 1 amide bonds. The lowest BCUT2D eigenvalue weighted by Gasteiger charge is -2.33. The number of amides is 1. The summed E-state index contributed by atoms with van der Waals surface area (Å²) in [5.74, 6) is -0.407. The maximum Gasteiger partial charge on any atom is 0.328 e. The molecule has 234 valence electrons. The number of esters is 1. The third-order valence-electron chi connectivity index (χ3n) is 7.31. The Morgan fingerprint density at radius 3 is 2.40 bits per heavy atom. The van der Waals surface area contributed by atoms with Crippen molar-refractivity contribution in [3.05, 3.63) is 64.0 Å². The zero-order valence-electron chi connectivity index (χ0n) is 26.1. The molecule has 1 atom stereocenters. The van der Waals surface area contributed by atoms with Crippen molar-refractivity contribution in [2.45, 2.75) is 84.9 Å². The number of sulfonamides is 1. The van der Waals surface area contributed by atoms with Gasteiger partial charge in [-0.2, -0.15) is 4.37 Å². The average molecular weight is 630 g/mol. The van der Waals surface area contributed by atoms with E-state index in [1.807, 2.05) is 59.7 Å². The Kier molecular flexibility index (Phi) is 12.3. The number of anilines is 1. The zero-order chi connectivity index (χ0) is 31.7. The van der Waals surface area contributed by atoms with Crippen molar-refractivity contribution in [2.75, 3.05) is 18.4 Å². The number of aromatic nitrogens is 1. The van der Waals surface area contributed by atoms with E-state index in [0.717, 1.165) is 34.4 Å². The quantitative estimate of drug-likeness (QED) is 0.191. The van der Waals surface area contributed by atoms with Gasteiger partial charge in [-0.25, -0.2) is 13.2 Å². The first-order chi connectivity index (χ1) is 20.4. The van der Waals surface area contributed by atoms with Crippen LogP contribution in [0, 0.1) is 19.8 Å². The minimum atomic E-state index is -3.97. The predicted molar refractivity (Wildman–Crippen MR) is 170 cm³/mol. The van der Waals surface area contributed by atoms with E-state index in [-0.39, 0.29) is 29.9 Å². The van der Waals surface area contributed by atoms with E-state index < -0.39 is 22.0 Å². The van der Waals surface area contributed by atoms with E-state index in [1.165, 1.54) is 18.6 Å². The van der Waals surface area contributed by atoms with Gasteiger partial charge >= 0.3 is 5.97 Å². The molecule has 0 bridgehead atoms. The molecule has 0 saturated heterocycles. The molecule has 0 aliphatic rings. The summed E-state index contributed by atoms with van der Waals surface area (Å²) in [4.78, 5) is 28.8. The topological polar surface area (TPSA) is 115 Å². The first-order valence-electron chi connectivity index (χ1n) is 14.6. The Labute approximate surface area is 259 Å². The molecule has 1 N–H and O–H groups in total. The van der Waals surface area contributed by atoms with Crippen LogP contribution in [-0.2, 0) is 42.2 Å². The third kappa shape index (κ3) is 8.43. The van der Waals surface area contributed by atoms with Crippen LogP contribution in [0.1, 0.15) is 68.5 Å². The number of methoxy groups -OCH3 is 1. The molecular formula is C32H43N3O6S2. The summed E-state index contributed by atoms with van der Waals surface area (Å²) in [5.41, 5.74) is 3.57. The van der Waals surface area contributed by atoms with Crippen LogP contribution in [0.15, 0.2) is 47.4 Å². The molecule has 11 heteroatoms. The summed E-state index contributed by atoms with van der Waals surface area (Å²) in [6.45, 7) is 12.3. The first-order valence-corrected chi connectivity index (χ1v) is 16.8. The van der Waals surface area contributed by atoms with Crippen molar-refractivity contribution in [3.8, 4) is 11.1 Å². The van der Waals surface area contributed by atoms with Gasteiger partial charge in [-0.1, -0.05) is 63.6 Å². The molecule has 43 heavy (non-hydrogen) atoms. The number of aryl methyl sites for hydroxylation is 1. The van der Waals surface area contributed by atoms with Crippen molar-refractivity contribution >= 4 is 39.3 Å². The highest BCUT2D eigenvalue weighted by atomic mass is 32.2. The van der Waals surface area contributed by atoms with Crippen LogP contribution in [-0.4, -0.2) is 49.3 Å². The van der Waals surface area contributed by atoms with Gasteiger partial charge in [0.2, 0.25) is 5.91 Å². The summed E-state index contributed by atoms with van der Waals surface area (Å²) in [7, 11) is -2.64. The SMILES string of the molecule is CCCCC(=O)N(Cc1ccc(-c2ccccc2S(=O)(=O)Nc2nsc(C)c2C)c(COCC)c1)[C@H](C(=O)OC)C(C)C. The van der Waals surface area contributed by atoms with Crippen LogP contribution in [0.25, 0.3) is 11.1 Å². The Hall–Kier alpha value is -3.28. The minimum absolute atomic E-state index is 0.114. The Bertz CT molecular complexity index is 1520. The summed E-state index contributed by atoms with van der Waals surface area (Å²) in [6, 6.07) is 11.7. The summed E-state index contributed by atoms with van der Waals surface area (Å²) in [6.07, 6.45) is 1.90. The molecule has 0 saturated carbocycles. The predicted octanol–water partition coefficient (Wildman–Crippen LogP) is 6.48. The lowest BCUT2D eigenvalue weighted by molar-refractivity contribution is -0.155. The molecule has 0 spiro atoms. The number of carbonyl (C=O) groups excluding carboxylic acids is 2. The van der Waals surface area contributed by atoms with Crippen molar-refractivity contribution in [1.82, 2.24) is 9.27 Å². The monoisotopic (exact) mass is 629 g/mol. The van der Waals surface area contributed by atoms with Gasteiger partial charge in [0.05, 0.1) is 18.6 Å². The highest BCUT2D eigenvalue weighted by Crippen LogP contribution is 2.34. The maximum atomic E-state index is 13.6. The standard InChI is InChI=1S/C32H43N3O6S2/c1-8-10-15-29(36)35(30(21(3)4)32(37)40-7)19-24-16-17-26(25(18-24)20-41-9-2)27-13-11-12-14-28(27)43(38,39)34-31-22(5)23(6)42-33-31/h11-14,16-18,21,30H,8-10,15,19-20H2,1-7H3,(H,33,34)/t30-/m0/s1. The molecule has 0 fully saturated rings. The molecule has 9 nitrogen and oxygen atoms in total. The van der Waals surface area contributed by atoms with Crippen molar-refractivity contribution in [2.24, 2.45) is 5.92 Å². The van der Waals surface area contributed by atoms with Gasteiger partial charge in [-0.3, -0.25) is 9.52 Å². The van der Waals surface area contributed by atoms with Gasteiger partial charge in [0.15, 0.2) is 5.82 Å². The second-order valence-electron chi connectivity index (χ2n) is 10.8. The van der Waals surface area contributed by atoms with Gasteiger partial charge in [0.1, 0.15) is 6.04 Å². The second kappa shape index (κ2) is 15.4. The number of carbonyl (C=O) groups is 2. The van der Waals surface area contributed by atoms with E-state index in [2.05, 4.69) is 9.10 Å². The van der Waals surface area contributed by atoms with Gasteiger partial charge < -0.3 is 14.4 Å². The van der Waals surface area contributed by atoms with E-state index >= 15 is 0 Å². The van der Waals surface area contributed by atoms with Gasteiger partial charge in [0, 0.05) is 35.6 Å². The van der Waals surface area contributed by atoms with Crippen molar-refractivity contribution in [1.29, 1.82) is 0 Å². The molecule has 0 aliphatic carbocycles. The maximum absolute atomic E-state index is 13.6. The molecule has 2 aromatic carbocycles. The van der Waals surface area contributed by atoms with Gasteiger partial charge in [-0.05, 0) is 67.4 Å². The van der Waals surface area contributed by atoms with Gasteiger partial charge in [-0.15, -0.1) is 0 Å². The summed E-state index contributed by atoms with van der Waals surface area (Å²) in [5, 5.41) is 0. The highest BCUT2D eigenvalue weighted by Gasteiger charge is 2.33. The molecule has 1 aromatic heterocycles. The van der Waals surface area contributed by atoms with E-state index in [0.29, 0.717) is 30.0 Å². The number of nitrogens with one attached hydrogen (secondary N) is 1. The molecule has 1 heterocycles. The molecule has 3 aromatic rings. The molecule has 0 unspecified atom stereocenters. The fourth-order valence-electron chi connectivity index (χ4n) is 4.85. The fourth-order valence-corrected chi connectivity index (χ4v) is 6.84. The van der Waals surface area contributed by atoms with Crippen LogP contribution in [0.5, 0.6) is 0 Å². The smallest absolute Gasteiger partial charge is 0.328 e. The second-order valence-corrected chi connectivity index (χ2v) is 13.4. The number of unbranched alkanes of at least 4 members (excludes halogenated alkanes) is 1. The van der Waals surface area contributed by atoms with Crippen LogP contribution in [0.2, 0.25) is 0 Å². The number of ether oxygens (including phenoxy) is 2. The van der Waals surface area contributed by atoms with Crippen LogP contribution in [0.3, 0.4) is 0 Å². The van der Waals surface area contributed by atoms with E-state index in [4.69, 9.17) is 9.47 Å². The van der Waals surface area contributed by atoms with Crippen molar-refractivity contribution < 1.29 is 27.5 Å². The largest absolute Gasteiger partial charge is 0.467 e. The Balaban J connectivity index is 2.07. The normalized spacial score (nSPS) is 12.3. The lowest BCUT2D eigenvalue weighted by Crippen LogP contribution is -2.48. The number of nitrogens with zero attached hydrogens (tertiary/aromatic N) is 2. The average Bonchev–Trinajstić information content (AvgIpc) is 3.29. The minimum Gasteiger partial charge on any atom is -0.467 e. The molecule has 0 aliphatic heterocycles. The van der Waals surface area contributed by atoms with Crippen LogP contribution in [0.4, 0.5) is 5.82 Å². The van der Waals surface area contributed by atoms with E-state index in [1.54, 1.807) is 29.2 Å². The first kappa shape index (κ1) is 34.2. The fraction of sp³-hybridized carbons (Fsp3) is 0.469. The van der Waals surface area contributed by atoms with Crippen molar-refractivity contribution in [3.63, 3.8) is 0 Å². The van der Waals surface area contributed by atoms with Crippen LogP contribution < -0.4 is 4.72 Å². The van der Waals surface area contributed by atoms with Gasteiger partial charge in [0.25, 0.3) is 10.0 Å². The molecule has 0 radical (unpaired) electrons. The van der Waals surface area contributed by atoms with E-state index in [9.17, 15) is 18.0 Å². The summed E-state index contributed by atoms with van der Waals surface area (Å²) < 4.78 is 45.0. The molecule has 3 rings (SSSR count). The van der Waals surface area contributed by atoms with Crippen LogP contribution >= 0.6 is 11.5 Å². The number of rotatable bonds is 15. The number of hydrogen-bond acceptors (Lipinski definition) is 8. The lowest BCUT2D eigenvalue weighted by atomic mass is 9.96. The molecular weight excluding hydrogens is 587 g/mol. The highest BCUT2D eigenvalue weighted by molar-refractivity contribution is 7.92.